The Hall–Kier alpha value is -1.41. The van der Waals surface area contributed by atoms with Gasteiger partial charge in [-0.05, 0) is 41.5 Å². The Morgan fingerprint density at radius 2 is 1.88 bits per heavy atom. The number of nitrogens with one attached hydrogen (secondary N) is 2. The van der Waals surface area contributed by atoms with Crippen molar-refractivity contribution in [1.29, 1.82) is 0 Å². The molecule has 1 heterocycles. The Labute approximate surface area is 157 Å². The van der Waals surface area contributed by atoms with E-state index in [2.05, 4.69) is 10.0 Å². The normalized spacial score (nSPS) is 13.0. The molecule has 1 amide bonds. The van der Waals surface area contributed by atoms with Gasteiger partial charge in [0.2, 0.25) is 5.91 Å². The summed E-state index contributed by atoms with van der Waals surface area (Å²) in [6.45, 7) is 4.03. The molecule has 25 heavy (non-hydrogen) atoms. The van der Waals surface area contributed by atoms with Gasteiger partial charge < -0.3 is 5.32 Å². The van der Waals surface area contributed by atoms with Crippen molar-refractivity contribution in [1.82, 2.24) is 10.0 Å². The number of rotatable bonds is 8. The number of thiophene rings is 1. The minimum atomic E-state index is -3.70. The third kappa shape index (κ3) is 5.81. The summed E-state index contributed by atoms with van der Waals surface area (Å²) in [6, 6.07) is 9.74. The number of carbonyl (C=O) groups excluding carboxylic acids is 1. The van der Waals surface area contributed by atoms with Crippen molar-refractivity contribution in [2.75, 3.05) is 6.54 Å². The van der Waals surface area contributed by atoms with E-state index < -0.39 is 16.1 Å². The zero-order valence-corrected chi connectivity index (χ0v) is 16.4. The van der Waals surface area contributed by atoms with E-state index in [4.69, 9.17) is 11.6 Å². The monoisotopic (exact) mass is 400 g/mol. The Balaban J connectivity index is 1.95. The summed E-state index contributed by atoms with van der Waals surface area (Å²) in [5, 5.41) is 5.15. The van der Waals surface area contributed by atoms with E-state index in [1.54, 1.807) is 37.4 Å². The van der Waals surface area contributed by atoms with Gasteiger partial charge in [0, 0.05) is 11.6 Å². The van der Waals surface area contributed by atoms with Gasteiger partial charge in [-0.1, -0.05) is 43.6 Å². The van der Waals surface area contributed by atoms with Crippen molar-refractivity contribution >= 4 is 38.9 Å². The average molecular weight is 401 g/mol. The molecule has 1 aromatic heterocycles. The second kappa shape index (κ2) is 8.80. The predicted octanol–water partition coefficient (Wildman–Crippen LogP) is 3.06. The molecule has 1 aromatic carbocycles. The first-order valence-electron chi connectivity index (χ1n) is 7.87. The molecule has 0 aliphatic carbocycles. The summed E-state index contributed by atoms with van der Waals surface area (Å²) in [7, 11) is -3.70. The van der Waals surface area contributed by atoms with E-state index >= 15 is 0 Å². The van der Waals surface area contributed by atoms with Crippen LogP contribution < -0.4 is 10.0 Å². The molecule has 0 saturated heterocycles. The maximum atomic E-state index is 12.4. The Kier molecular flexibility index (Phi) is 7.01. The van der Waals surface area contributed by atoms with Gasteiger partial charge >= 0.3 is 0 Å². The highest BCUT2D eigenvalue weighted by molar-refractivity contribution is 7.91. The van der Waals surface area contributed by atoms with E-state index in [9.17, 15) is 13.2 Å². The molecule has 0 aliphatic rings. The van der Waals surface area contributed by atoms with Crippen LogP contribution in [0.1, 0.15) is 19.4 Å². The van der Waals surface area contributed by atoms with Gasteiger partial charge in [-0.2, -0.15) is 4.72 Å². The lowest BCUT2D eigenvalue weighted by Gasteiger charge is -2.21. The first-order valence-corrected chi connectivity index (χ1v) is 10.6. The number of amides is 1. The number of halogens is 1. The molecule has 8 heteroatoms. The second-order valence-electron chi connectivity index (χ2n) is 5.94. The van der Waals surface area contributed by atoms with Crippen LogP contribution in [0.5, 0.6) is 0 Å². The van der Waals surface area contributed by atoms with Crippen LogP contribution in [0.15, 0.2) is 46.0 Å². The molecule has 0 aliphatic heterocycles. The molecule has 0 radical (unpaired) electrons. The zero-order chi connectivity index (χ0) is 18.4. The average Bonchev–Trinajstić information content (AvgIpc) is 3.09. The quantitative estimate of drug-likeness (QED) is 0.715. The van der Waals surface area contributed by atoms with Gasteiger partial charge in [-0.15, -0.1) is 11.3 Å². The standard InChI is InChI=1S/C17H21ClN2O3S2/c1-12(2)16(20-25(22,23)15-4-3-11-24-15)17(21)19-10-9-13-5-7-14(18)8-6-13/h3-8,11-12,16,20H,9-10H2,1-2H3,(H,19,21)/t16-/m0/s1. The van der Waals surface area contributed by atoms with E-state index in [0.717, 1.165) is 16.9 Å². The minimum Gasteiger partial charge on any atom is -0.354 e. The number of hydrogen-bond donors (Lipinski definition) is 2. The van der Waals surface area contributed by atoms with E-state index in [0.29, 0.717) is 18.0 Å². The lowest BCUT2D eigenvalue weighted by molar-refractivity contribution is -0.123. The van der Waals surface area contributed by atoms with E-state index in [1.807, 2.05) is 12.1 Å². The van der Waals surface area contributed by atoms with Crippen LogP contribution in [-0.2, 0) is 21.2 Å². The second-order valence-corrected chi connectivity index (χ2v) is 9.27. The molecule has 2 aromatic rings. The first-order chi connectivity index (χ1) is 11.8. The molecule has 5 nitrogen and oxygen atoms in total. The van der Waals surface area contributed by atoms with Crippen LogP contribution >= 0.6 is 22.9 Å². The zero-order valence-electron chi connectivity index (χ0n) is 14.0. The highest BCUT2D eigenvalue weighted by Gasteiger charge is 2.28. The highest BCUT2D eigenvalue weighted by atomic mass is 35.5. The summed E-state index contributed by atoms with van der Waals surface area (Å²) in [5.74, 6) is -0.505. The maximum Gasteiger partial charge on any atom is 0.250 e. The lowest BCUT2D eigenvalue weighted by Crippen LogP contribution is -2.49. The summed E-state index contributed by atoms with van der Waals surface area (Å²) in [4.78, 5) is 12.4. The molecular weight excluding hydrogens is 380 g/mol. The molecule has 136 valence electrons. The first kappa shape index (κ1) is 19.9. The predicted molar refractivity (Wildman–Crippen MR) is 101 cm³/mol. The van der Waals surface area contributed by atoms with Crippen molar-refractivity contribution in [2.45, 2.75) is 30.5 Å². The van der Waals surface area contributed by atoms with Crippen LogP contribution in [-0.4, -0.2) is 26.9 Å². The van der Waals surface area contributed by atoms with E-state index in [1.165, 1.54) is 6.07 Å². The van der Waals surface area contributed by atoms with Crippen molar-refractivity contribution in [3.8, 4) is 0 Å². The Morgan fingerprint density at radius 1 is 1.20 bits per heavy atom. The van der Waals surface area contributed by atoms with Gasteiger partial charge in [0.05, 0.1) is 0 Å². The van der Waals surface area contributed by atoms with Gasteiger partial charge in [-0.25, -0.2) is 8.42 Å². The van der Waals surface area contributed by atoms with Gasteiger partial charge in [0.25, 0.3) is 10.0 Å². The summed E-state index contributed by atoms with van der Waals surface area (Å²) in [5.41, 5.74) is 1.05. The fourth-order valence-electron chi connectivity index (χ4n) is 2.23. The summed E-state index contributed by atoms with van der Waals surface area (Å²) in [6.07, 6.45) is 0.644. The number of sulfonamides is 1. The van der Waals surface area contributed by atoms with Gasteiger partial charge in [0.1, 0.15) is 10.3 Å². The molecule has 0 unspecified atom stereocenters. The fraction of sp³-hybridized carbons (Fsp3) is 0.353. The number of benzene rings is 1. The van der Waals surface area contributed by atoms with Crippen molar-refractivity contribution in [3.05, 3.63) is 52.4 Å². The van der Waals surface area contributed by atoms with Crippen molar-refractivity contribution < 1.29 is 13.2 Å². The molecule has 0 spiro atoms. The van der Waals surface area contributed by atoms with Gasteiger partial charge in [0.15, 0.2) is 0 Å². The van der Waals surface area contributed by atoms with Crippen molar-refractivity contribution in [2.24, 2.45) is 5.92 Å². The molecule has 0 fully saturated rings. The SMILES string of the molecule is CC(C)[C@H](NS(=O)(=O)c1cccs1)C(=O)NCCc1ccc(Cl)cc1. The third-order valence-electron chi connectivity index (χ3n) is 3.62. The van der Waals surface area contributed by atoms with Crippen LogP contribution in [0.4, 0.5) is 0 Å². The smallest absolute Gasteiger partial charge is 0.250 e. The minimum absolute atomic E-state index is 0.176. The molecule has 0 bridgehead atoms. The Morgan fingerprint density at radius 3 is 2.44 bits per heavy atom. The topological polar surface area (TPSA) is 75.3 Å². The molecule has 0 saturated carbocycles. The van der Waals surface area contributed by atoms with Crippen LogP contribution in [0, 0.1) is 5.92 Å². The largest absolute Gasteiger partial charge is 0.354 e. The molecule has 2 rings (SSSR count). The molecule has 2 N–H and O–H groups in total. The fourth-order valence-corrected chi connectivity index (χ4v) is 4.70. The van der Waals surface area contributed by atoms with E-state index in [-0.39, 0.29) is 16.0 Å². The summed E-state index contributed by atoms with van der Waals surface area (Å²) >= 11 is 6.96. The lowest BCUT2D eigenvalue weighted by atomic mass is 10.0. The Bertz CT molecular complexity index is 788. The van der Waals surface area contributed by atoms with Gasteiger partial charge in [-0.3, -0.25) is 4.79 Å². The number of carbonyl (C=O) groups is 1. The van der Waals surface area contributed by atoms with Crippen LogP contribution in [0.2, 0.25) is 5.02 Å². The highest BCUT2D eigenvalue weighted by Crippen LogP contribution is 2.17. The van der Waals surface area contributed by atoms with Crippen LogP contribution in [0.3, 0.4) is 0 Å². The third-order valence-corrected chi connectivity index (χ3v) is 6.71. The molecular formula is C17H21ClN2O3S2. The summed E-state index contributed by atoms with van der Waals surface area (Å²) < 4.78 is 27.4. The maximum absolute atomic E-state index is 12.4. The van der Waals surface area contributed by atoms with Crippen LogP contribution in [0.25, 0.3) is 0 Å². The van der Waals surface area contributed by atoms with Crippen molar-refractivity contribution in [3.63, 3.8) is 0 Å². The number of hydrogen-bond acceptors (Lipinski definition) is 4. The molecule has 1 atom stereocenters.